The van der Waals surface area contributed by atoms with Gasteiger partial charge in [-0.05, 0) is 30.5 Å². The fraction of sp³-hybridized carbons (Fsp3) is 0.278. The molecule has 0 saturated heterocycles. The summed E-state index contributed by atoms with van der Waals surface area (Å²) in [6, 6.07) is 17.4. The number of benzene rings is 2. The molecule has 0 radical (unpaired) electrons. The first-order valence-electron chi connectivity index (χ1n) is 7.22. The van der Waals surface area contributed by atoms with Crippen molar-refractivity contribution in [3.8, 4) is 0 Å². The second kappa shape index (κ2) is 7.60. The molecule has 1 unspecified atom stereocenters. The fourth-order valence-electron chi connectivity index (χ4n) is 2.23. The van der Waals surface area contributed by atoms with Crippen molar-refractivity contribution < 1.29 is 9.53 Å². The maximum atomic E-state index is 12.2. The van der Waals surface area contributed by atoms with Gasteiger partial charge in [-0.15, -0.1) is 0 Å². The summed E-state index contributed by atoms with van der Waals surface area (Å²) in [4.78, 5) is 12.2. The summed E-state index contributed by atoms with van der Waals surface area (Å²) in [5, 5.41) is 3.30. The number of ether oxygens (including phenoxy) is 1. The molecule has 3 nitrogen and oxygen atoms in total. The SMILES string of the molecule is CCOC(=O)C(NCc1ccccc1C)c1ccccc1. The van der Waals surface area contributed by atoms with E-state index in [9.17, 15) is 4.79 Å². The van der Waals surface area contributed by atoms with E-state index in [1.165, 1.54) is 11.1 Å². The zero-order valence-corrected chi connectivity index (χ0v) is 12.5. The van der Waals surface area contributed by atoms with E-state index in [0.29, 0.717) is 13.2 Å². The Labute approximate surface area is 126 Å². The van der Waals surface area contributed by atoms with Crippen molar-refractivity contribution in [1.82, 2.24) is 5.32 Å². The molecule has 0 heterocycles. The van der Waals surface area contributed by atoms with Crippen molar-refractivity contribution in [2.45, 2.75) is 26.4 Å². The molecule has 2 rings (SSSR count). The lowest BCUT2D eigenvalue weighted by atomic mass is 10.1. The standard InChI is InChI=1S/C18H21NO2/c1-3-21-18(20)17(15-10-5-4-6-11-15)19-13-16-12-8-7-9-14(16)2/h4-12,17,19H,3,13H2,1-2H3. The second-order valence-corrected chi connectivity index (χ2v) is 4.90. The molecule has 2 aromatic carbocycles. The monoisotopic (exact) mass is 283 g/mol. The predicted octanol–water partition coefficient (Wildman–Crippen LogP) is 3.39. The third-order valence-electron chi connectivity index (χ3n) is 3.41. The van der Waals surface area contributed by atoms with Gasteiger partial charge in [-0.2, -0.15) is 0 Å². The van der Waals surface area contributed by atoms with Crippen LogP contribution in [0.5, 0.6) is 0 Å². The van der Waals surface area contributed by atoms with Gasteiger partial charge in [0.1, 0.15) is 6.04 Å². The molecule has 0 aliphatic carbocycles. The average Bonchev–Trinajstić information content (AvgIpc) is 2.50. The highest BCUT2D eigenvalue weighted by Crippen LogP contribution is 2.16. The molecule has 110 valence electrons. The number of hydrogen-bond donors (Lipinski definition) is 1. The van der Waals surface area contributed by atoms with Crippen LogP contribution in [0.25, 0.3) is 0 Å². The van der Waals surface area contributed by atoms with Crippen molar-refractivity contribution in [2.75, 3.05) is 6.61 Å². The predicted molar refractivity (Wildman–Crippen MR) is 83.8 cm³/mol. The topological polar surface area (TPSA) is 38.3 Å². The minimum Gasteiger partial charge on any atom is -0.465 e. The van der Waals surface area contributed by atoms with E-state index in [-0.39, 0.29) is 5.97 Å². The smallest absolute Gasteiger partial charge is 0.327 e. The fourth-order valence-corrected chi connectivity index (χ4v) is 2.23. The zero-order chi connectivity index (χ0) is 15.1. The van der Waals surface area contributed by atoms with E-state index in [1.54, 1.807) is 0 Å². The second-order valence-electron chi connectivity index (χ2n) is 4.90. The first-order valence-corrected chi connectivity index (χ1v) is 7.22. The molecule has 21 heavy (non-hydrogen) atoms. The number of rotatable bonds is 6. The quantitative estimate of drug-likeness (QED) is 0.826. The zero-order valence-electron chi connectivity index (χ0n) is 12.5. The summed E-state index contributed by atoms with van der Waals surface area (Å²) in [5.74, 6) is -0.239. The Balaban J connectivity index is 2.13. The van der Waals surface area contributed by atoms with Gasteiger partial charge in [-0.25, -0.2) is 4.79 Å². The minimum atomic E-state index is -0.439. The normalized spacial score (nSPS) is 11.9. The van der Waals surface area contributed by atoms with Crippen molar-refractivity contribution in [3.63, 3.8) is 0 Å². The molecule has 0 aliphatic heterocycles. The molecule has 1 atom stereocenters. The van der Waals surface area contributed by atoms with Crippen LogP contribution in [0.4, 0.5) is 0 Å². The van der Waals surface area contributed by atoms with Crippen LogP contribution in [0.3, 0.4) is 0 Å². The molecule has 0 spiro atoms. The summed E-state index contributed by atoms with van der Waals surface area (Å²) in [6.07, 6.45) is 0. The van der Waals surface area contributed by atoms with Gasteiger partial charge >= 0.3 is 5.97 Å². The first-order chi connectivity index (χ1) is 10.2. The Morgan fingerprint density at radius 3 is 2.43 bits per heavy atom. The molecule has 0 fully saturated rings. The lowest BCUT2D eigenvalue weighted by Gasteiger charge is -2.18. The molecule has 0 aliphatic rings. The average molecular weight is 283 g/mol. The number of carbonyl (C=O) groups excluding carboxylic acids is 1. The highest BCUT2D eigenvalue weighted by atomic mass is 16.5. The van der Waals surface area contributed by atoms with Gasteiger partial charge in [-0.1, -0.05) is 54.6 Å². The third kappa shape index (κ3) is 4.17. The van der Waals surface area contributed by atoms with Gasteiger partial charge in [0.15, 0.2) is 0 Å². The van der Waals surface area contributed by atoms with Crippen LogP contribution in [-0.2, 0) is 16.1 Å². The number of aryl methyl sites for hydroxylation is 1. The Kier molecular flexibility index (Phi) is 5.52. The van der Waals surface area contributed by atoms with Crippen molar-refractivity contribution in [3.05, 3.63) is 71.3 Å². The number of esters is 1. The molecule has 3 heteroatoms. The maximum Gasteiger partial charge on any atom is 0.327 e. The van der Waals surface area contributed by atoms with E-state index >= 15 is 0 Å². The van der Waals surface area contributed by atoms with Gasteiger partial charge in [0.2, 0.25) is 0 Å². The summed E-state index contributed by atoms with van der Waals surface area (Å²) in [7, 11) is 0. The van der Waals surface area contributed by atoms with Crippen molar-refractivity contribution in [1.29, 1.82) is 0 Å². The van der Waals surface area contributed by atoms with Crippen LogP contribution in [-0.4, -0.2) is 12.6 Å². The highest BCUT2D eigenvalue weighted by Gasteiger charge is 2.21. The van der Waals surface area contributed by atoms with E-state index < -0.39 is 6.04 Å². The van der Waals surface area contributed by atoms with Gasteiger partial charge < -0.3 is 4.74 Å². The maximum absolute atomic E-state index is 12.2. The van der Waals surface area contributed by atoms with Crippen LogP contribution >= 0.6 is 0 Å². The first kappa shape index (κ1) is 15.3. The molecule has 0 aromatic heterocycles. The van der Waals surface area contributed by atoms with Crippen LogP contribution in [0.2, 0.25) is 0 Å². The lowest BCUT2D eigenvalue weighted by Crippen LogP contribution is -2.30. The Bertz CT molecular complexity index is 581. The largest absolute Gasteiger partial charge is 0.465 e. The minimum absolute atomic E-state index is 0.239. The molecule has 0 amide bonds. The third-order valence-corrected chi connectivity index (χ3v) is 3.41. The van der Waals surface area contributed by atoms with Gasteiger partial charge in [0.25, 0.3) is 0 Å². The Hall–Kier alpha value is -2.13. The van der Waals surface area contributed by atoms with Gasteiger partial charge in [0.05, 0.1) is 6.61 Å². The summed E-state index contributed by atoms with van der Waals surface area (Å²) in [5.41, 5.74) is 3.31. The van der Waals surface area contributed by atoms with Crippen LogP contribution < -0.4 is 5.32 Å². The molecular formula is C18H21NO2. The molecule has 0 saturated carbocycles. The highest BCUT2D eigenvalue weighted by molar-refractivity contribution is 5.77. The van der Waals surface area contributed by atoms with E-state index in [4.69, 9.17) is 4.74 Å². The Morgan fingerprint density at radius 1 is 1.10 bits per heavy atom. The Morgan fingerprint density at radius 2 is 1.76 bits per heavy atom. The van der Waals surface area contributed by atoms with E-state index in [0.717, 1.165) is 5.56 Å². The van der Waals surface area contributed by atoms with Gasteiger partial charge in [-0.3, -0.25) is 5.32 Å². The lowest BCUT2D eigenvalue weighted by molar-refractivity contribution is -0.145. The molecular weight excluding hydrogens is 262 g/mol. The molecule has 1 N–H and O–H groups in total. The van der Waals surface area contributed by atoms with Crippen LogP contribution in [0, 0.1) is 6.92 Å². The summed E-state index contributed by atoms with van der Waals surface area (Å²) >= 11 is 0. The van der Waals surface area contributed by atoms with Crippen LogP contribution in [0.1, 0.15) is 29.7 Å². The van der Waals surface area contributed by atoms with E-state index in [2.05, 4.69) is 24.4 Å². The number of hydrogen-bond acceptors (Lipinski definition) is 3. The molecule has 0 bridgehead atoms. The van der Waals surface area contributed by atoms with Crippen molar-refractivity contribution >= 4 is 5.97 Å². The number of nitrogens with one attached hydrogen (secondary N) is 1. The van der Waals surface area contributed by atoms with E-state index in [1.807, 2.05) is 49.4 Å². The summed E-state index contributed by atoms with van der Waals surface area (Å²) in [6.45, 7) is 4.90. The van der Waals surface area contributed by atoms with Crippen molar-refractivity contribution in [2.24, 2.45) is 0 Å². The molecule has 2 aromatic rings. The van der Waals surface area contributed by atoms with Crippen LogP contribution in [0.15, 0.2) is 54.6 Å². The summed E-state index contributed by atoms with van der Waals surface area (Å²) < 4.78 is 5.18. The number of carbonyl (C=O) groups is 1. The van der Waals surface area contributed by atoms with Gasteiger partial charge in [0, 0.05) is 6.54 Å².